The van der Waals surface area contributed by atoms with Crippen molar-refractivity contribution >= 4 is 35.4 Å². The highest BCUT2D eigenvalue weighted by Crippen LogP contribution is 2.42. The Kier molecular flexibility index (Phi) is 5.04. The number of hydrogen-bond acceptors (Lipinski definition) is 9. The third-order valence-electron chi connectivity index (χ3n) is 3.98. The molecule has 3 rings (SSSR count). The number of nitrogens with two attached hydrogens (primary N) is 1. The molecule has 1 saturated heterocycles. The van der Waals surface area contributed by atoms with Crippen LogP contribution in [-0.4, -0.2) is 90.0 Å². The van der Waals surface area contributed by atoms with Crippen LogP contribution in [0, 0.1) is 0 Å². The van der Waals surface area contributed by atoms with Crippen LogP contribution in [0.15, 0.2) is 16.9 Å². The monoisotopic (exact) mass is 385 g/mol. The number of aliphatic carboxylic acids is 1. The number of nitrogens with zero attached hydrogens (tertiary/aromatic N) is 6. The van der Waals surface area contributed by atoms with Crippen LogP contribution >= 0.6 is 23.5 Å². The zero-order valence-corrected chi connectivity index (χ0v) is 15.5. The van der Waals surface area contributed by atoms with Crippen LogP contribution in [0.2, 0.25) is 0 Å². The Labute approximate surface area is 152 Å². The molecule has 2 atom stereocenters. The minimum atomic E-state index is -1.81. The number of tetrazole rings is 1. The highest BCUT2D eigenvalue weighted by atomic mass is 32.2. The summed E-state index contributed by atoms with van der Waals surface area (Å²) < 4.78 is 1.74. The molecule has 1 fully saturated rings. The van der Waals surface area contributed by atoms with Gasteiger partial charge in [-0.3, -0.25) is 4.79 Å². The van der Waals surface area contributed by atoms with E-state index < -0.39 is 22.8 Å². The van der Waals surface area contributed by atoms with Crippen molar-refractivity contribution in [3.8, 4) is 0 Å². The highest BCUT2D eigenvalue weighted by molar-refractivity contribution is 8.01. The molecule has 0 saturated carbocycles. The summed E-state index contributed by atoms with van der Waals surface area (Å²) in [7, 11) is 3.96. The fourth-order valence-corrected chi connectivity index (χ4v) is 4.83. The van der Waals surface area contributed by atoms with E-state index >= 15 is 0 Å². The first-order valence-electron chi connectivity index (χ1n) is 7.54. The van der Waals surface area contributed by atoms with Gasteiger partial charge in [-0.25, -0.2) is 9.48 Å². The van der Waals surface area contributed by atoms with Gasteiger partial charge in [0, 0.05) is 24.3 Å². The molecular formula is C13H19N7O3S2. The van der Waals surface area contributed by atoms with Crippen molar-refractivity contribution in [3.63, 3.8) is 0 Å². The first-order valence-corrected chi connectivity index (χ1v) is 9.57. The summed E-state index contributed by atoms with van der Waals surface area (Å²) in [4.78, 5) is 26.8. The van der Waals surface area contributed by atoms with E-state index in [2.05, 4.69) is 15.5 Å². The number of aromatic nitrogens is 4. The Morgan fingerprint density at radius 3 is 3.04 bits per heavy atom. The second kappa shape index (κ2) is 6.94. The van der Waals surface area contributed by atoms with Gasteiger partial charge in [-0.05, 0) is 30.1 Å². The Morgan fingerprint density at radius 2 is 2.36 bits per heavy atom. The Morgan fingerprint density at radius 1 is 1.60 bits per heavy atom. The molecule has 0 radical (unpaired) electrons. The molecule has 1 aromatic heterocycles. The lowest BCUT2D eigenvalue weighted by atomic mass is 9.89. The number of likely N-dealkylation sites (N-methyl/N-ethyl adjacent to an activating group) is 1. The van der Waals surface area contributed by atoms with Crippen molar-refractivity contribution in [2.75, 3.05) is 32.1 Å². The van der Waals surface area contributed by atoms with Crippen molar-refractivity contribution in [2.45, 2.75) is 22.6 Å². The lowest BCUT2D eigenvalue weighted by molar-refractivity contribution is -0.164. The number of carboxylic acids is 1. The Hall–Kier alpha value is -1.63. The van der Waals surface area contributed by atoms with Crippen molar-refractivity contribution in [3.05, 3.63) is 11.8 Å². The fourth-order valence-electron chi connectivity index (χ4n) is 2.51. The van der Waals surface area contributed by atoms with Crippen molar-refractivity contribution in [1.29, 1.82) is 0 Å². The van der Waals surface area contributed by atoms with E-state index in [9.17, 15) is 14.7 Å². The van der Waals surface area contributed by atoms with E-state index in [1.54, 1.807) is 10.9 Å². The first kappa shape index (κ1) is 18.2. The van der Waals surface area contributed by atoms with Crippen molar-refractivity contribution in [2.24, 2.45) is 5.73 Å². The summed E-state index contributed by atoms with van der Waals surface area (Å²) in [5, 5.41) is 21.0. The number of β-lactam (4-membered cyclic amide) rings is 1. The first-order chi connectivity index (χ1) is 11.8. The van der Waals surface area contributed by atoms with Crippen LogP contribution in [0.3, 0.4) is 0 Å². The molecule has 1 amide bonds. The number of thioether (sulfide) groups is 2. The number of carbonyl (C=O) groups excluding carboxylic acids is 1. The summed E-state index contributed by atoms with van der Waals surface area (Å²) in [6, 6.07) is 0. The van der Waals surface area contributed by atoms with E-state index in [0.29, 0.717) is 23.2 Å². The van der Waals surface area contributed by atoms with E-state index in [4.69, 9.17) is 5.73 Å². The minimum absolute atomic E-state index is 0.545. The number of rotatable bonds is 7. The predicted molar refractivity (Wildman–Crippen MR) is 92.8 cm³/mol. The number of hydrogen-bond donors (Lipinski definition) is 2. The molecule has 136 valence electrons. The molecule has 0 unspecified atom stereocenters. The average Bonchev–Trinajstić information content (AvgIpc) is 3.04. The number of amides is 1. The zero-order valence-electron chi connectivity index (χ0n) is 13.8. The quantitative estimate of drug-likeness (QED) is 0.339. The molecule has 0 aromatic carbocycles. The van der Waals surface area contributed by atoms with Gasteiger partial charge >= 0.3 is 5.97 Å². The minimum Gasteiger partial charge on any atom is -0.479 e. The molecule has 3 N–H and O–H groups in total. The van der Waals surface area contributed by atoms with Gasteiger partial charge in [-0.1, -0.05) is 11.8 Å². The molecule has 10 nitrogen and oxygen atoms in total. The lowest BCUT2D eigenvalue weighted by Crippen LogP contribution is -2.79. The molecule has 25 heavy (non-hydrogen) atoms. The smallest absolute Gasteiger partial charge is 0.336 e. The van der Waals surface area contributed by atoms with Gasteiger partial charge in [0.2, 0.25) is 10.7 Å². The maximum atomic E-state index is 12.1. The van der Waals surface area contributed by atoms with Gasteiger partial charge in [0.1, 0.15) is 5.37 Å². The van der Waals surface area contributed by atoms with Crippen LogP contribution in [0.4, 0.5) is 0 Å². The standard InChI is InChI=1S/C13H19N7O3S2/c1-18(2)3-4-20-12(15-16-17-20)25-7-8-5-19-9(21)13(14,11(22)23)10(19)24-6-8/h5,10H,3-4,6-7,14H2,1-2H3,(H,22,23)/t10-,13+/m0/s1. The largest absolute Gasteiger partial charge is 0.479 e. The van der Waals surface area contributed by atoms with Gasteiger partial charge in [0.25, 0.3) is 5.91 Å². The summed E-state index contributed by atoms with van der Waals surface area (Å²) in [5.41, 5.74) is 4.94. The normalized spacial score (nSPS) is 25.6. The summed E-state index contributed by atoms with van der Waals surface area (Å²) in [6.45, 7) is 1.52. The molecular weight excluding hydrogens is 366 g/mol. The summed E-state index contributed by atoms with van der Waals surface area (Å²) in [6.07, 6.45) is 1.71. The van der Waals surface area contributed by atoms with E-state index in [0.717, 1.165) is 12.1 Å². The van der Waals surface area contributed by atoms with Crippen LogP contribution in [0.5, 0.6) is 0 Å². The van der Waals surface area contributed by atoms with Gasteiger partial charge < -0.3 is 20.6 Å². The third kappa shape index (κ3) is 3.26. The second-order valence-electron chi connectivity index (χ2n) is 6.11. The van der Waals surface area contributed by atoms with Gasteiger partial charge in [-0.2, -0.15) is 0 Å². The van der Waals surface area contributed by atoms with E-state index in [-0.39, 0.29) is 0 Å². The molecule has 2 aliphatic rings. The second-order valence-corrected chi connectivity index (χ2v) is 8.12. The lowest BCUT2D eigenvalue weighted by Gasteiger charge is -2.51. The maximum Gasteiger partial charge on any atom is 0.336 e. The molecule has 0 aliphatic carbocycles. The van der Waals surface area contributed by atoms with E-state index in [1.807, 2.05) is 19.0 Å². The number of fused-ring (bicyclic) bond motifs is 1. The third-order valence-corrected chi connectivity index (χ3v) is 6.50. The van der Waals surface area contributed by atoms with Crippen molar-refractivity contribution in [1.82, 2.24) is 30.0 Å². The SMILES string of the molecule is CN(C)CCn1nnnc1SCC1=CN2C(=O)[C@](N)(C(=O)O)[C@@H]2SC1. The summed E-state index contributed by atoms with van der Waals surface area (Å²) >= 11 is 2.86. The molecule has 12 heteroatoms. The number of carbonyl (C=O) groups is 2. The van der Waals surface area contributed by atoms with Gasteiger partial charge in [0.15, 0.2) is 0 Å². The molecule has 0 bridgehead atoms. The van der Waals surface area contributed by atoms with Crippen molar-refractivity contribution < 1.29 is 14.7 Å². The summed E-state index contributed by atoms with van der Waals surface area (Å²) in [5.74, 6) is -0.614. The van der Waals surface area contributed by atoms with Crippen LogP contribution in [0.1, 0.15) is 0 Å². The van der Waals surface area contributed by atoms with E-state index in [1.165, 1.54) is 28.4 Å². The molecule has 2 aliphatic heterocycles. The maximum absolute atomic E-state index is 12.1. The van der Waals surface area contributed by atoms with Crippen LogP contribution in [-0.2, 0) is 16.1 Å². The number of carboxylic acid groups (broad SMARTS) is 1. The van der Waals surface area contributed by atoms with Crippen LogP contribution in [0.25, 0.3) is 0 Å². The Bertz CT molecular complexity index is 722. The molecule has 1 aromatic rings. The van der Waals surface area contributed by atoms with Crippen LogP contribution < -0.4 is 5.73 Å². The topological polar surface area (TPSA) is 130 Å². The predicted octanol–water partition coefficient (Wildman–Crippen LogP) is -1.09. The molecule has 0 spiro atoms. The van der Waals surface area contributed by atoms with Gasteiger partial charge in [0.05, 0.1) is 6.54 Å². The molecule has 3 heterocycles. The van der Waals surface area contributed by atoms with Gasteiger partial charge in [-0.15, -0.1) is 16.9 Å². The Balaban J connectivity index is 1.60. The average molecular weight is 385 g/mol. The highest BCUT2D eigenvalue weighted by Gasteiger charge is 2.64. The zero-order chi connectivity index (χ0) is 18.2. The fraction of sp³-hybridized carbons (Fsp3) is 0.615.